The number of carbonyl (C=O) groups excluding carboxylic acids is 1. The standard InChI is InChI=1S/C14H14N2O2/c17-11-9-14(18)16(10-11)13-6-2-1-5-12(13)15-7-3-4-8-15/h1-8,11,17H,9-10H2. The van der Waals surface area contributed by atoms with Gasteiger partial charge in [-0.25, -0.2) is 0 Å². The molecular weight excluding hydrogens is 228 g/mol. The summed E-state index contributed by atoms with van der Waals surface area (Å²) < 4.78 is 1.97. The van der Waals surface area contributed by atoms with Crippen LogP contribution in [0.15, 0.2) is 48.8 Å². The summed E-state index contributed by atoms with van der Waals surface area (Å²) in [5.74, 6) is -0.0258. The van der Waals surface area contributed by atoms with Gasteiger partial charge in [0.1, 0.15) is 0 Å². The van der Waals surface area contributed by atoms with Gasteiger partial charge < -0.3 is 14.6 Å². The maximum absolute atomic E-state index is 11.9. The van der Waals surface area contributed by atoms with E-state index in [0.29, 0.717) is 6.54 Å². The zero-order valence-electron chi connectivity index (χ0n) is 9.86. The first-order chi connectivity index (χ1) is 8.75. The Balaban J connectivity index is 2.05. The van der Waals surface area contributed by atoms with Gasteiger partial charge in [-0.2, -0.15) is 0 Å². The quantitative estimate of drug-likeness (QED) is 0.869. The Labute approximate surface area is 105 Å². The molecule has 18 heavy (non-hydrogen) atoms. The van der Waals surface area contributed by atoms with Gasteiger partial charge in [-0.15, -0.1) is 0 Å². The highest BCUT2D eigenvalue weighted by molar-refractivity contribution is 5.97. The molecule has 1 amide bonds. The molecule has 0 aliphatic carbocycles. The summed E-state index contributed by atoms with van der Waals surface area (Å²) in [5.41, 5.74) is 1.79. The summed E-state index contributed by atoms with van der Waals surface area (Å²) >= 11 is 0. The molecule has 1 aliphatic heterocycles. The van der Waals surface area contributed by atoms with Gasteiger partial charge in [-0.1, -0.05) is 12.1 Å². The first-order valence-electron chi connectivity index (χ1n) is 5.96. The molecule has 2 heterocycles. The number of aromatic nitrogens is 1. The minimum Gasteiger partial charge on any atom is -0.391 e. The summed E-state index contributed by atoms with van der Waals surface area (Å²) in [6, 6.07) is 11.6. The number of benzene rings is 1. The van der Waals surface area contributed by atoms with Crippen LogP contribution in [0.3, 0.4) is 0 Å². The highest BCUT2D eigenvalue weighted by Crippen LogP contribution is 2.28. The number of nitrogens with zero attached hydrogens (tertiary/aromatic N) is 2. The Kier molecular flexibility index (Phi) is 2.64. The number of rotatable bonds is 2. The lowest BCUT2D eigenvalue weighted by Gasteiger charge is -2.20. The van der Waals surface area contributed by atoms with E-state index in [1.807, 2.05) is 53.4 Å². The van der Waals surface area contributed by atoms with Crippen LogP contribution >= 0.6 is 0 Å². The number of carbonyl (C=O) groups is 1. The van der Waals surface area contributed by atoms with Crippen LogP contribution in [-0.2, 0) is 4.79 Å². The average molecular weight is 242 g/mol. The Morgan fingerprint density at radius 3 is 2.33 bits per heavy atom. The second-order valence-electron chi connectivity index (χ2n) is 4.44. The van der Waals surface area contributed by atoms with Gasteiger partial charge in [0.05, 0.1) is 30.4 Å². The van der Waals surface area contributed by atoms with Crippen LogP contribution in [0.5, 0.6) is 0 Å². The first kappa shape index (κ1) is 11.0. The van der Waals surface area contributed by atoms with Crippen LogP contribution in [0.2, 0.25) is 0 Å². The van der Waals surface area contributed by atoms with E-state index in [-0.39, 0.29) is 12.3 Å². The predicted octanol–water partition coefficient (Wildman–Crippen LogP) is 1.57. The van der Waals surface area contributed by atoms with Crippen LogP contribution in [0.4, 0.5) is 5.69 Å². The second kappa shape index (κ2) is 4.31. The lowest BCUT2D eigenvalue weighted by molar-refractivity contribution is -0.117. The fourth-order valence-electron chi connectivity index (χ4n) is 2.33. The lowest BCUT2D eigenvalue weighted by atomic mass is 10.2. The zero-order chi connectivity index (χ0) is 12.5. The maximum Gasteiger partial charge on any atom is 0.229 e. The summed E-state index contributed by atoms with van der Waals surface area (Å²) in [6.45, 7) is 0.372. The Hall–Kier alpha value is -2.07. The van der Waals surface area contributed by atoms with Crippen molar-refractivity contribution in [3.63, 3.8) is 0 Å². The molecule has 0 saturated carbocycles. The fraction of sp³-hybridized carbons (Fsp3) is 0.214. The molecule has 92 valence electrons. The van der Waals surface area contributed by atoms with Gasteiger partial charge in [-0.3, -0.25) is 4.79 Å². The molecule has 2 aromatic rings. The van der Waals surface area contributed by atoms with Crippen LogP contribution < -0.4 is 4.90 Å². The van der Waals surface area contributed by atoms with Gasteiger partial charge in [-0.05, 0) is 24.3 Å². The van der Waals surface area contributed by atoms with Gasteiger partial charge in [0.15, 0.2) is 0 Å². The fourth-order valence-corrected chi connectivity index (χ4v) is 2.33. The molecule has 1 N–H and O–H groups in total. The number of β-amino-alcohol motifs (C(OH)–C–C–N with tert-alkyl or cyclic N) is 1. The molecule has 0 bridgehead atoms. The van der Waals surface area contributed by atoms with Crippen molar-refractivity contribution in [2.24, 2.45) is 0 Å². The monoisotopic (exact) mass is 242 g/mol. The molecule has 4 heteroatoms. The van der Waals surface area contributed by atoms with Crippen molar-refractivity contribution in [2.75, 3.05) is 11.4 Å². The van der Waals surface area contributed by atoms with Crippen molar-refractivity contribution >= 4 is 11.6 Å². The van der Waals surface area contributed by atoms with Crippen molar-refractivity contribution in [3.05, 3.63) is 48.8 Å². The van der Waals surface area contributed by atoms with Gasteiger partial charge in [0, 0.05) is 12.4 Å². The van der Waals surface area contributed by atoms with E-state index in [4.69, 9.17) is 0 Å². The maximum atomic E-state index is 11.9. The molecule has 0 radical (unpaired) electrons. The topological polar surface area (TPSA) is 45.5 Å². The molecule has 3 rings (SSSR count). The number of aliphatic hydroxyl groups excluding tert-OH is 1. The van der Waals surface area contributed by atoms with E-state index in [1.54, 1.807) is 4.90 Å². The zero-order valence-corrected chi connectivity index (χ0v) is 9.86. The van der Waals surface area contributed by atoms with Gasteiger partial charge in [0.2, 0.25) is 5.91 Å². The van der Waals surface area contributed by atoms with Crippen molar-refractivity contribution in [1.82, 2.24) is 4.57 Å². The van der Waals surface area contributed by atoms with Crippen LogP contribution in [0.25, 0.3) is 5.69 Å². The first-order valence-corrected chi connectivity index (χ1v) is 5.96. The molecule has 0 spiro atoms. The Morgan fingerprint density at radius 1 is 1.06 bits per heavy atom. The van der Waals surface area contributed by atoms with Crippen molar-refractivity contribution in [3.8, 4) is 5.69 Å². The smallest absolute Gasteiger partial charge is 0.229 e. The van der Waals surface area contributed by atoms with Gasteiger partial charge in [0.25, 0.3) is 0 Å². The Bertz CT molecular complexity index is 563. The normalized spacial score (nSPS) is 19.5. The van der Waals surface area contributed by atoms with Crippen molar-refractivity contribution in [2.45, 2.75) is 12.5 Å². The molecule has 1 aliphatic rings. The third kappa shape index (κ3) is 1.80. The molecule has 1 atom stereocenters. The molecule has 4 nitrogen and oxygen atoms in total. The number of hydrogen-bond acceptors (Lipinski definition) is 2. The molecule has 1 fully saturated rings. The third-order valence-electron chi connectivity index (χ3n) is 3.16. The largest absolute Gasteiger partial charge is 0.391 e. The van der Waals surface area contributed by atoms with E-state index >= 15 is 0 Å². The van der Waals surface area contributed by atoms with E-state index in [2.05, 4.69) is 0 Å². The second-order valence-corrected chi connectivity index (χ2v) is 4.44. The third-order valence-corrected chi connectivity index (χ3v) is 3.16. The summed E-state index contributed by atoms with van der Waals surface area (Å²) in [7, 11) is 0. The van der Waals surface area contributed by atoms with E-state index in [1.165, 1.54) is 0 Å². The van der Waals surface area contributed by atoms with E-state index in [0.717, 1.165) is 11.4 Å². The number of hydrogen-bond donors (Lipinski definition) is 1. The minimum absolute atomic E-state index is 0.0258. The average Bonchev–Trinajstić information content (AvgIpc) is 2.99. The van der Waals surface area contributed by atoms with Crippen LogP contribution in [0.1, 0.15) is 6.42 Å². The lowest BCUT2D eigenvalue weighted by Crippen LogP contribution is -2.26. The predicted molar refractivity (Wildman–Crippen MR) is 68.7 cm³/mol. The van der Waals surface area contributed by atoms with Crippen molar-refractivity contribution < 1.29 is 9.90 Å². The number of aliphatic hydroxyl groups is 1. The number of para-hydroxylation sites is 2. The summed E-state index contributed by atoms with van der Waals surface area (Å²) in [5, 5.41) is 9.58. The van der Waals surface area contributed by atoms with Gasteiger partial charge >= 0.3 is 0 Å². The highest BCUT2D eigenvalue weighted by Gasteiger charge is 2.30. The molecule has 1 unspecified atom stereocenters. The van der Waals surface area contributed by atoms with Crippen LogP contribution in [-0.4, -0.2) is 28.2 Å². The molecule has 1 aromatic heterocycles. The van der Waals surface area contributed by atoms with Crippen LogP contribution in [0, 0.1) is 0 Å². The highest BCUT2D eigenvalue weighted by atomic mass is 16.3. The van der Waals surface area contributed by atoms with Crippen molar-refractivity contribution in [1.29, 1.82) is 0 Å². The summed E-state index contributed by atoms with van der Waals surface area (Å²) in [4.78, 5) is 13.5. The molecule has 1 saturated heterocycles. The van der Waals surface area contributed by atoms with E-state index in [9.17, 15) is 9.90 Å². The molecule has 1 aromatic carbocycles. The minimum atomic E-state index is -0.560. The molecular formula is C14H14N2O2. The number of anilines is 1. The van der Waals surface area contributed by atoms with E-state index < -0.39 is 6.10 Å². The SMILES string of the molecule is O=C1CC(O)CN1c1ccccc1-n1cccc1. The number of amides is 1. The summed E-state index contributed by atoms with van der Waals surface area (Å²) in [6.07, 6.45) is 3.53. The Morgan fingerprint density at radius 2 is 1.72 bits per heavy atom.